The molecule has 1 aromatic carbocycles. The molecule has 174 valence electrons. The Bertz CT molecular complexity index is 1140. The Morgan fingerprint density at radius 1 is 1.09 bits per heavy atom. The Morgan fingerprint density at radius 2 is 1.85 bits per heavy atom. The molecule has 3 aromatic rings. The first-order valence-corrected chi connectivity index (χ1v) is 11.3. The van der Waals surface area contributed by atoms with Gasteiger partial charge in [0.25, 0.3) is 0 Å². The van der Waals surface area contributed by atoms with Crippen LogP contribution >= 0.6 is 0 Å². The molecule has 1 fully saturated rings. The van der Waals surface area contributed by atoms with Crippen LogP contribution in [0.5, 0.6) is 0 Å². The average molecular weight is 449 g/mol. The fourth-order valence-electron chi connectivity index (χ4n) is 4.16. The van der Waals surface area contributed by atoms with Crippen LogP contribution in [0, 0.1) is 0 Å². The van der Waals surface area contributed by atoms with E-state index in [4.69, 9.17) is 4.74 Å². The fourth-order valence-corrected chi connectivity index (χ4v) is 4.16. The van der Waals surface area contributed by atoms with Crippen molar-refractivity contribution in [2.24, 2.45) is 0 Å². The first kappa shape index (κ1) is 22.8. The summed E-state index contributed by atoms with van der Waals surface area (Å²) in [7, 11) is 0. The lowest BCUT2D eigenvalue weighted by molar-refractivity contribution is 0.0179. The maximum atomic E-state index is 12.6. The van der Waals surface area contributed by atoms with E-state index < -0.39 is 5.60 Å². The van der Waals surface area contributed by atoms with Crippen molar-refractivity contribution in [1.82, 2.24) is 19.9 Å². The highest BCUT2D eigenvalue weighted by Gasteiger charge is 2.38. The Kier molecular flexibility index (Phi) is 6.10. The van der Waals surface area contributed by atoms with Gasteiger partial charge in [0.15, 0.2) is 0 Å². The molecule has 0 atom stereocenters. The molecule has 8 heteroatoms. The van der Waals surface area contributed by atoms with Gasteiger partial charge in [-0.1, -0.05) is 6.07 Å². The van der Waals surface area contributed by atoms with Crippen molar-refractivity contribution >= 4 is 28.5 Å². The van der Waals surface area contributed by atoms with Crippen LogP contribution in [0.15, 0.2) is 49.1 Å². The topological polar surface area (TPSA) is 83.5 Å². The minimum Gasteiger partial charge on any atom is -0.444 e. The van der Waals surface area contributed by atoms with Crippen LogP contribution in [-0.2, 0) is 11.3 Å². The molecule has 33 heavy (non-hydrogen) atoms. The summed E-state index contributed by atoms with van der Waals surface area (Å²) in [5.41, 5.74) is 4.12. The van der Waals surface area contributed by atoms with E-state index in [1.54, 1.807) is 17.3 Å². The largest absolute Gasteiger partial charge is 0.444 e. The third-order valence-electron chi connectivity index (χ3n) is 5.66. The number of hydrogen-bond donors (Lipinski definition) is 1. The van der Waals surface area contributed by atoms with E-state index in [0.717, 1.165) is 28.0 Å². The van der Waals surface area contributed by atoms with Crippen molar-refractivity contribution in [2.45, 2.75) is 52.3 Å². The summed E-state index contributed by atoms with van der Waals surface area (Å²) in [6, 6.07) is 8.13. The molecule has 1 aliphatic rings. The van der Waals surface area contributed by atoms with Gasteiger partial charge in [-0.2, -0.15) is 0 Å². The van der Waals surface area contributed by atoms with Crippen molar-refractivity contribution in [3.8, 4) is 0 Å². The second kappa shape index (κ2) is 8.84. The normalized spacial score (nSPS) is 16.0. The number of nitrogens with zero attached hydrogens (tertiary/aromatic N) is 5. The summed E-state index contributed by atoms with van der Waals surface area (Å²) in [4.78, 5) is 29.8. The van der Waals surface area contributed by atoms with Gasteiger partial charge in [-0.05, 0) is 58.4 Å². The molecule has 1 aliphatic heterocycles. The number of carbonyl (C=O) groups is 1. The summed E-state index contributed by atoms with van der Waals surface area (Å²) in [5.74, 6) is 0. The average Bonchev–Trinajstić information content (AvgIpc) is 2.76. The molecule has 4 rings (SSSR count). The summed E-state index contributed by atoms with van der Waals surface area (Å²) < 4.78 is 5.59. The van der Waals surface area contributed by atoms with Crippen LogP contribution in [0.25, 0.3) is 11.0 Å². The first-order chi connectivity index (χ1) is 15.6. The standard InChI is InChI=1S/C25H32N6O2/c1-24(2,3)33-23(32)30-12-13-31(25(4,5)17-30)22-8-9-26-16-21(22)29-15-18-6-7-19-20(14-18)28-11-10-27-19/h6-11,14,16,29H,12-13,15,17H2,1-5H3. The number of pyridine rings is 1. The van der Waals surface area contributed by atoms with Crippen LogP contribution in [0.3, 0.4) is 0 Å². The molecular weight excluding hydrogens is 416 g/mol. The van der Waals surface area contributed by atoms with Crippen molar-refractivity contribution < 1.29 is 9.53 Å². The number of rotatable bonds is 4. The van der Waals surface area contributed by atoms with Gasteiger partial charge < -0.3 is 19.9 Å². The number of piperazine rings is 1. The number of aromatic nitrogens is 3. The third-order valence-corrected chi connectivity index (χ3v) is 5.66. The van der Waals surface area contributed by atoms with E-state index in [-0.39, 0.29) is 11.6 Å². The summed E-state index contributed by atoms with van der Waals surface area (Å²) in [6.07, 6.45) is 6.81. The predicted molar refractivity (Wildman–Crippen MR) is 130 cm³/mol. The number of carbonyl (C=O) groups excluding carboxylic acids is 1. The van der Waals surface area contributed by atoms with E-state index in [9.17, 15) is 4.79 Å². The lowest BCUT2D eigenvalue weighted by atomic mass is 9.97. The van der Waals surface area contributed by atoms with E-state index in [1.807, 2.05) is 45.3 Å². The molecule has 1 saturated heterocycles. The second-order valence-corrected chi connectivity index (χ2v) is 9.99. The van der Waals surface area contributed by atoms with Crippen molar-refractivity contribution in [3.63, 3.8) is 0 Å². The zero-order valence-corrected chi connectivity index (χ0v) is 20.0. The SMILES string of the molecule is CC(C)(C)OC(=O)N1CCN(c2ccncc2NCc2ccc3nccnc3c2)C(C)(C)C1. The fraction of sp³-hybridized carbons (Fsp3) is 0.440. The highest BCUT2D eigenvalue weighted by molar-refractivity contribution is 5.75. The summed E-state index contributed by atoms with van der Waals surface area (Å²) in [5, 5.41) is 3.54. The number of fused-ring (bicyclic) bond motifs is 1. The van der Waals surface area contributed by atoms with E-state index in [0.29, 0.717) is 26.2 Å². The number of hydrogen-bond acceptors (Lipinski definition) is 7. The maximum absolute atomic E-state index is 12.6. The van der Waals surface area contributed by atoms with Gasteiger partial charge in [0.05, 0.1) is 34.1 Å². The zero-order chi connectivity index (χ0) is 23.6. The van der Waals surface area contributed by atoms with Crippen LogP contribution < -0.4 is 10.2 Å². The Labute approximate surface area is 195 Å². The quantitative estimate of drug-likeness (QED) is 0.630. The van der Waals surface area contributed by atoms with Gasteiger partial charge in [0, 0.05) is 44.8 Å². The highest BCUT2D eigenvalue weighted by Crippen LogP contribution is 2.34. The van der Waals surface area contributed by atoms with E-state index in [1.165, 1.54) is 0 Å². The van der Waals surface area contributed by atoms with Gasteiger partial charge in [-0.25, -0.2) is 4.79 Å². The highest BCUT2D eigenvalue weighted by atomic mass is 16.6. The molecule has 1 N–H and O–H groups in total. The predicted octanol–water partition coefficient (Wildman–Crippen LogP) is 4.47. The second-order valence-electron chi connectivity index (χ2n) is 9.99. The molecule has 0 aliphatic carbocycles. The molecule has 0 radical (unpaired) electrons. The Balaban J connectivity index is 1.49. The minimum absolute atomic E-state index is 0.261. The van der Waals surface area contributed by atoms with Gasteiger partial charge in [0.2, 0.25) is 0 Å². The molecule has 1 amide bonds. The Hall–Kier alpha value is -3.42. The lowest BCUT2D eigenvalue weighted by Gasteiger charge is -2.48. The van der Waals surface area contributed by atoms with Crippen LogP contribution in [0.2, 0.25) is 0 Å². The molecule has 0 unspecified atom stereocenters. The molecule has 3 heterocycles. The third kappa shape index (κ3) is 5.32. The minimum atomic E-state index is -0.505. The summed E-state index contributed by atoms with van der Waals surface area (Å²) in [6.45, 7) is 12.5. The Morgan fingerprint density at radius 3 is 2.58 bits per heavy atom. The van der Waals surface area contributed by atoms with Crippen LogP contribution in [0.1, 0.15) is 40.2 Å². The van der Waals surface area contributed by atoms with Crippen LogP contribution in [0.4, 0.5) is 16.2 Å². The van der Waals surface area contributed by atoms with Crippen LogP contribution in [-0.4, -0.2) is 56.7 Å². The molecule has 0 bridgehead atoms. The van der Waals surface area contributed by atoms with Gasteiger partial charge in [-0.3, -0.25) is 15.0 Å². The molecule has 0 saturated carbocycles. The molecular formula is C25H32N6O2. The number of benzene rings is 1. The number of anilines is 2. The monoisotopic (exact) mass is 448 g/mol. The van der Waals surface area contributed by atoms with Gasteiger partial charge >= 0.3 is 6.09 Å². The first-order valence-electron chi connectivity index (χ1n) is 11.3. The van der Waals surface area contributed by atoms with Gasteiger partial charge in [0.1, 0.15) is 5.60 Å². The number of nitrogens with one attached hydrogen (secondary N) is 1. The summed E-state index contributed by atoms with van der Waals surface area (Å²) >= 11 is 0. The van der Waals surface area contributed by atoms with E-state index >= 15 is 0 Å². The van der Waals surface area contributed by atoms with Crippen molar-refractivity contribution in [1.29, 1.82) is 0 Å². The lowest BCUT2D eigenvalue weighted by Crippen LogP contribution is -2.61. The number of ether oxygens (including phenoxy) is 1. The molecule has 2 aromatic heterocycles. The number of amides is 1. The van der Waals surface area contributed by atoms with Crippen molar-refractivity contribution in [3.05, 3.63) is 54.6 Å². The van der Waals surface area contributed by atoms with Crippen molar-refractivity contribution in [2.75, 3.05) is 29.9 Å². The molecule has 0 spiro atoms. The smallest absolute Gasteiger partial charge is 0.410 e. The zero-order valence-electron chi connectivity index (χ0n) is 20.0. The maximum Gasteiger partial charge on any atom is 0.410 e. The van der Waals surface area contributed by atoms with Gasteiger partial charge in [-0.15, -0.1) is 0 Å². The van der Waals surface area contributed by atoms with E-state index in [2.05, 4.69) is 51.1 Å². The molecule has 8 nitrogen and oxygen atoms in total.